The van der Waals surface area contributed by atoms with Gasteiger partial charge in [-0.15, -0.1) is 0 Å². The van der Waals surface area contributed by atoms with Crippen molar-refractivity contribution in [1.29, 1.82) is 0 Å². The van der Waals surface area contributed by atoms with Crippen molar-refractivity contribution in [3.05, 3.63) is 11.6 Å². The lowest BCUT2D eigenvalue weighted by Crippen LogP contribution is -2.41. The summed E-state index contributed by atoms with van der Waals surface area (Å²) in [7, 11) is 0. The number of hydrogen-bond acceptors (Lipinski definition) is 3. The van der Waals surface area contributed by atoms with Crippen LogP contribution in [-0.2, 0) is 4.79 Å². The number of H-pyrrole nitrogens is 1. The Morgan fingerprint density at radius 1 is 1.12 bits per heavy atom. The first kappa shape index (κ1) is 16.1. The van der Waals surface area contributed by atoms with E-state index in [1.807, 2.05) is 0 Å². The number of aromatic nitrogens is 3. The highest BCUT2D eigenvalue weighted by Gasteiger charge is 2.32. The highest BCUT2D eigenvalue weighted by molar-refractivity contribution is 5.78. The highest BCUT2D eigenvalue weighted by Crippen LogP contribution is 2.38. The second-order valence-electron chi connectivity index (χ2n) is 8.24. The van der Waals surface area contributed by atoms with Gasteiger partial charge in [0.25, 0.3) is 0 Å². The number of nitrogens with zero attached hydrogens (tertiary/aromatic N) is 3. The molecule has 0 radical (unpaired) electrons. The standard InChI is InChI=1S/C19H30N4O/c1-13(12-14-4-2-3-5-14)19(24)23-10-8-16(9-11-23)18-20-17(21-22-18)15-6-7-15/h13-16H,2-12H2,1H3,(H,20,21,22)/t13-/m0/s1. The molecule has 132 valence electrons. The van der Waals surface area contributed by atoms with Gasteiger partial charge in [-0.2, -0.15) is 5.10 Å². The van der Waals surface area contributed by atoms with E-state index in [9.17, 15) is 4.79 Å². The second-order valence-corrected chi connectivity index (χ2v) is 8.24. The van der Waals surface area contributed by atoms with Crippen molar-refractivity contribution in [2.75, 3.05) is 13.1 Å². The van der Waals surface area contributed by atoms with Gasteiger partial charge in [-0.1, -0.05) is 32.6 Å². The van der Waals surface area contributed by atoms with Crippen LogP contribution in [0.5, 0.6) is 0 Å². The number of likely N-dealkylation sites (tertiary alicyclic amines) is 1. The van der Waals surface area contributed by atoms with Crippen molar-refractivity contribution in [3.8, 4) is 0 Å². The summed E-state index contributed by atoms with van der Waals surface area (Å²) < 4.78 is 0. The normalized spacial score (nSPS) is 24.5. The van der Waals surface area contributed by atoms with E-state index in [1.54, 1.807) is 0 Å². The number of carbonyl (C=O) groups excluding carboxylic acids is 1. The Labute approximate surface area is 144 Å². The number of nitrogens with one attached hydrogen (secondary N) is 1. The summed E-state index contributed by atoms with van der Waals surface area (Å²) in [4.78, 5) is 19.5. The molecule has 1 amide bonds. The van der Waals surface area contributed by atoms with Crippen LogP contribution in [0.4, 0.5) is 0 Å². The molecule has 1 saturated heterocycles. The fourth-order valence-electron chi connectivity index (χ4n) is 4.53. The minimum absolute atomic E-state index is 0.191. The number of amides is 1. The third-order valence-electron chi connectivity index (χ3n) is 6.24. The molecule has 1 aromatic rings. The van der Waals surface area contributed by atoms with Gasteiger partial charge in [-0.3, -0.25) is 9.89 Å². The summed E-state index contributed by atoms with van der Waals surface area (Å²) in [6.07, 6.45) is 11.0. The summed E-state index contributed by atoms with van der Waals surface area (Å²) in [6.45, 7) is 3.88. The average Bonchev–Trinajstić information content (AvgIpc) is 3.11. The van der Waals surface area contributed by atoms with Crippen LogP contribution in [0.25, 0.3) is 0 Å². The van der Waals surface area contributed by atoms with E-state index in [0.29, 0.717) is 17.7 Å². The van der Waals surface area contributed by atoms with E-state index < -0.39 is 0 Å². The molecule has 1 atom stereocenters. The predicted molar refractivity (Wildman–Crippen MR) is 92.7 cm³/mol. The fourth-order valence-corrected chi connectivity index (χ4v) is 4.53. The molecule has 2 aliphatic carbocycles. The van der Waals surface area contributed by atoms with Gasteiger partial charge in [0.15, 0.2) is 5.82 Å². The third kappa shape index (κ3) is 3.50. The summed E-state index contributed by atoms with van der Waals surface area (Å²) in [5, 5.41) is 7.52. The van der Waals surface area contributed by atoms with Crippen molar-refractivity contribution in [2.24, 2.45) is 11.8 Å². The van der Waals surface area contributed by atoms with Gasteiger partial charge in [-0.25, -0.2) is 4.98 Å². The smallest absolute Gasteiger partial charge is 0.225 e. The first-order valence-electron chi connectivity index (χ1n) is 9.91. The molecule has 5 nitrogen and oxygen atoms in total. The molecule has 1 aromatic heterocycles. The Morgan fingerprint density at radius 2 is 1.83 bits per heavy atom. The SMILES string of the molecule is C[C@@H](CC1CCCC1)C(=O)N1CCC(c2nc(C3CC3)n[nH]2)CC1. The monoisotopic (exact) mass is 330 g/mol. The molecule has 2 saturated carbocycles. The highest BCUT2D eigenvalue weighted by atomic mass is 16.2. The molecular formula is C19H30N4O. The second kappa shape index (κ2) is 6.85. The van der Waals surface area contributed by atoms with Gasteiger partial charge in [0.05, 0.1) is 0 Å². The van der Waals surface area contributed by atoms with E-state index >= 15 is 0 Å². The first-order valence-corrected chi connectivity index (χ1v) is 9.91. The number of piperidine rings is 1. The predicted octanol–water partition coefficient (Wildman–Crippen LogP) is 3.60. The van der Waals surface area contributed by atoms with E-state index in [1.165, 1.54) is 38.5 Å². The maximum atomic E-state index is 12.7. The van der Waals surface area contributed by atoms with Crippen LogP contribution >= 0.6 is 0 Å². The van der Waals surface area contributed by atoms with Gasteiger partial charge in [0.2, 0.25) is 5.91 Å². The van der Waals surface area contributed by atoms with Crippen molar-refractivity contribution < 1.29 is 4.79 Å². The van der Waals surface area contributed by atoms with Gasteiger partial charge >= 0.3 is 0 Å². The van der Waals surface area contributed by atoms with E-state index in [-0.39, 0.29) is 5.92 Å². The molecule has 3 fully saturated rings. The summed E-state index contributed by atoms with van der Waals surface area (Å²) >= 11 is 0. The van der Waals surface area contributed by atoms with Crippen LogP contribution in [0.3, 0.4) is 0 Å². The molecule has 1 N–H and O–H groups in total. The molecule has 0 bridgehead atoms. The van der Waals surface area contributed by atoms with Gasteiger partial charge in [0.1, 0.15) is 5.82 Å². The Morgan fingerprint density at radius 3 is 2.50 bits per heavy atom. The lowest BCUT2D eigenvalue weighted by molar-refractivity contribution is -0.136. The molecule has 0 spiro atoms. The third-order valence-corrected chi connectivity index (χ3v) is 6.24. The number of rotatable bonds is 5. The van der Waals surface area contributed by atoms with E-state index in [4.69, 9.17) is 4.98 Å². The van der Waals surface area contributed by atoms with Crippen LogP contribution in [0, 0.1) is 11.8 Å². The van der Waals surface area contributed by atoms with Crippen molar-refractivity contribution >= 4 is 5.91 Å². The molecule has 3 aliphatic rings. The number of aromatic amines is 1. The Hall–Kier alpha value is -1.39. The van der Waals surface area contributed by atoms with Crippen LogP contribution in [-0.4, -0.2) is 39.1 Å². The maximum absolute atomic E-state index is 12.7. The Balaban J connectivity index is 1.27. The number of hydrogen-bond donors (Lipinski definition) is 1. The zero-order valence-corrected chi connectivity index (χ0v) is 14.8. The maximum Gasteiger partial charge on any atom is 0.225 e. The van der Waals surface area contributed by atoms with Crippen molar-refractivity contribution in [3.63, 3.8) is 0 Å². The molecular weight excluding hydrogens is 300 g/mol. The molecule has 2 heterocycles. The molecule has 4 rings (SSSR count). The Kier molecular flexibility index (Phi) is 4.59. The van der Waals surface area contributed by atoms with Gasteiger partial charge < -0.3 is 4.90 Å². The zero-order chi connectivity index (χ0) is 16.5. The molecule has 0 aromatic carbocycles. The summed E-state index contributed by atoms with van der Waals surface area (Å²) in [5.41, 5.74) is 0. The minimum Gasteiger partial charge on any atom is -0.342 e. The van der Waals surface area contributed by atoms with Crippen LogP contribution in [0.2, 0.25) is 0 Å². The largest absolute Gasteiger partial charge is 0.342 e. The zero-order valence-electron chi connectivity index (χ0n) is 14.8. The van der Waals surface area contributed by atoms with Crippen LogP contribution < -0.4 is 0 Å². The topological polar surface area (TPSA) is 61.9 Å². The van der Waals surface area contributed by atoms with Crippen LogP contribution in [0.1, 0.15) is 88.2 Å². The molecule has 0 unspecified atom stereocenters. The average molecular weight is 330 g/mol. The van der Waals surface area contributed by atoms with E-state index in [2.05, 4.69) is 22.0 Å². The Bertz CT molecular complexity index is 566. The molecule has 1 aliphatic heterocycles. The quantitative estimate of drug-likeness (QED) is 0.897. The van der Waals surface area contributed by atoms with E-state index in [0.717, 1.165) is 49.9 Å². The van der Waals surface area contributed by atoms with Gasteiger partial charge in [-0.05, 0) is 38.0 Å². The fraction of sp³-hybridized carbons (Fsp3) is 0.842. The lowest BCUT2D eigenvalue weighted by Gasteiger charge is -2.33. The summed E-state index contributed by atoms with van der Waals surface area (Å²) in [5.74, 6) is 4.45. The van der Waals surface area contributed by atoms with Crippen LogP contribution in [0.15, 0.2) is 0 Å². The number of carbonyl (C=O) groups is 1. The minimum atomic E-state index is 0.191. The lowest BCUT2D eigenvalue weighted by atomic mass is 9.91. The van der Waals surface area contributed by atoms with Gasteiger partial charge in [0, 0.05) is 30.8 Å². The van der Waals surface area contributed by atoms with Crippen molar-refractivity contribution in [2.45, 2.75) is 76.5 Å². The first-order chi connectivity index (χ1) is 11.7. The summed E-state index contributed by atoms with van der Waals surface area (Å²) in [6, 6.07) is 0. The molecule has 24 heavy (non-hydrogen) atoms. The van der Waals surface area contributed by atoms with Crippen molar-refractivity contribution in [1.82, 2.24) is 20.1 Å². The molecule has 5 heteroatoms.